The lowest BCUT2D eigenvalue weighted by Crippen LogP contribution is -2.50. The van der Waals surface area contributed by atoms with Gasteiger partial charge in [-0.25, -0.2) is 5.01 Å². The van der Waals surface area contributed by atoms with Crippen LogP contribution in [0.5, 0.6) is 0 Å². The molecule has 0 aliphatic carbocycles. The van der Waals surface area contributed by atoms with Crippen molar-refractivity contribution in [1.82, 2.24) is 4.90 Å². The highest BCUT2D eigenvalue weighted by Crippen LogP contribution is 2.29. The van der Waals surface area contributed by atoms with Gasteiger partial charge in [0.15, 0.2) is 0 Å². The number of likely N-dealkylation sites (tertiary alicyclic amines) is 1. The standard InChI is InChI=1S/C14H20N4/c1-12-14(17-10-6-3-7-11-17)18(16-15-12)13-8-4-2-5-9-13/h2,4-5,8-9,12,14H,3,6-7,10-11H2,1H3/t12-,14+/m1/s1. The molecule has 1 aromatic rings. The van der Waals surface area contributed by atoms with E-state index in [-0.39, 0.29) is 6.04 Å². The summed E-state index contributed by atoms with van der Waals surface area (Å²) in [5.41, 5.74) is 1.14. The molecule has 0 bridgehead atoms. The van der Waals surface area contributed by atoms with Crippen LogP contribution in [-0.4, -0.2) is 30.2 Å². The molecule has 1 fully saturated rings. The lowest BCUT2D eigenvalue weighted by molar-refractivity contribution is 0.155. The maximum absolute atomic E-state index is 4.36. The van der Waals surface area contributed by atoms with Gasteiger partial charge in [-0.1, -0.05) is 29.8 Å². The van der Waals surface area contributed by atoms with E-state index in [4.69, 9.17) is 0 Å². The molecule has 4 nitrogen and oxygen atoms in total. The molecule has 4 heteroatoms. The minimum atomic E-state index is 0.253. The maximum Gasteiger partial charge on any atom is 0.130 e. The topological polar surface area (TPSA) is 31.2 Å². The molecular weight excluding hydrogens is 224 g/mol. The van der Waals surface area contributed by atoms with Crippen LogP contribution in [0.15, 0.2) is 40.7 Å². The fraction of sp³-hybridized carbons (Fsp3) is 0.571. The number of nitrogens with zero attached hydrogens (tertiary/aromatic N) is 4. The molecule has 2 aliphatic rings. The lowest BCUT2D eigenvalue weighted by atomic mass is 10.1. The fourth-order valence-corrected chi connectivity index (χ4v) is 2.88. The number of piperidine rings is 1. The van der Waals surface area contributed by atoms with Crippen molar-refractivity contribution in [2.45, 2.75) is 38.4 Å². The van der Waals surface area contributed by atoms with Crippen molar-refractivity contribution in [3.8, 4) is 0 Å². The van der Waals surface area contributed by atoms with Gasteiger partial charge >= 0.3 is 0 Å². The Morgan fingerprint density at radius 3 is 2.50 bits per heavy atom. The summed E-state index contributed by atoms with van der Waals surface area (Å²) in [6.07, 6.45) is 4.25. The second-order valence-corrected chi connectivity index (χ2v) is 5.14. The van der Waals surface area contributed by atoms with E-state index < -0.39 is 0 Å². The van der Waals surface area contributed by atoms with E-state index in [0.29, 0.717) is 6.17 Å². The van der Waals surface area contributed by atoms with Gasteiger partial charge in [0.1, 0.15) is 12.2 Å². The molecule has 2 atom stereocenters. The molecule has 0 amide bonds. The number of hydrogen-bond donors (Lipinski definition) is 0. The molecule has 0 spiro atoms. The molecule has 1 aromatic carbocycles. The number of hydrogen-bond acceptors (Lipinski definition) is 4. The Morgan fingerprint density at radius 2 is 1.78 bits per heavy atom. The van der Waals surface area contributed by atoms with Crippen LogP contribution in [-0.2, 0) is 0 Å². The van der Waals surface area contributed by atoms with Gasteiger partial charge in [0.2, 0.25) is 0 Å². The molecule has 0 radical (unpaired) electrons. The van der Waals surface area contributed by atoms with E-state index in [1.54, 1.807) is 0 Å². The third kappa shape index (κ3) is 2.12. The van der Waals surface area contributed by atoms with Crippen molar-refractivity contribution in [2.75, 3.05) is 18.1 Å². The van der Waals surface area contributed by atoms with Crippen LogP contribution in [0, 0.1) is 0 Å². The SMILES string of the molecule is C[C@H]1N=NN(c2ccccc2)[C@@H]1N1CCCCC1. The van der Waals surface area contributed by atoms with Crippen LogP contribution in [0.25, 0.3) is 0 Å². The van der Waals surface area contributed by atoms with E-state index in [0.717, 1.165) is 5.69 Å². The summed E-state index contributed by atoms with van der Waals surface area (Å²) in [6, 6.07) is 10.6. The zero-order valence-corrected chi connectivity index (χ0v) is 10.9. The lowest BCUT2D eigenvalue weighted by Gasteiger charge is -2.37. The summed E-state index contributed by atoms with van der Waals surface area (Å²) in [5, 5.41) is 10.8. The van der Waals surface area contributed by atoms with Crippen molar-refractivity contribution >= 4 is 5.69 Å². The Bertz CT molecular complexity index is 411. The van der Waals surface area contributed by atoms with Gasteiger partial charge < -0.3 is 0 Å². The number of anilines is 1. The summed E-state index contributed by atoms with van der Waals surface area (Å²) >= 11 is 0. The Labute approximate surface area is 108 Å². The smallest absolute Gasteiger partial charge is 0.130 e. The first-order valence-electron chi connectivity index (χ1n) is 6.85. The van der Waals surface area contributed by atoms with E-state index in [9.17, 15) is 0 Å². The van der Waals surface area contributed by atoms with Crippen molar-refractivity contribution in [2.24, 2.45) is 10.3 Å². The first kappa shape index (κ1) is 11.7. The Morgan fingerprint density at radius 1 is 1.06 bits per heavy atom. The predicted molar refractivity (Wildman–Crippen MR) is 72.5 cm³/mol. The second-order valence-electron chi connectivity index (χ2n) is 5.14. The van der Waals surface area contributed by atoms with Crippen LogP contribution in [0.1, 0.15) is 26.2 Å². The van der Waals surface area contributed by atoms with Gasteiger partial charge in [0, 0.05) is 13.1 Å². The molecule has 18 heavy (non-hydrogen) atoms. The molecule has 96 valence electrons. The first-order valence-corrected chi connectivity index (χ1v) is 6.85. The maximum atomic E-state index is 4.36. The highest BCUT2D eigenvalue weighted by atomic mass is 15.7. The fourth-order valence-electron chi connectivity index (χ4n) is 2.88. The van der Waals surface area contributed by atoms with Gasteiger partial charge in [-0.2, -0.15) is 5.11 Å². The van der Waals surface area contributed by atoms with Gasteiger partial charge in [-0.05, 0) is 31.9 Å². The van der Waals surface area contributed by atoms with Crippen LogP contribution < -0.4 is 5.01 Å². The third-order valence-corrected chi connectivity index (χ3v) is 3.80. The molecule has 3 rings (SSSR count). The second kappa shape index (κ2) is 5.06. The highest BCUT2D eigenvalue weighted by molar-refractivity contribution is 5.46. The van der Waals surface area contributed by atoms with Crippen molar-refractivity contribution in [1.29, 1.82) is 0 Å². The molecule has 2 aliphatic heterocycles. The quantitative estimate of drug-likeness (QED) is 0.800. The molecule has 0 unspecified atom stereocenters. The molecule has 1 saturated heterocycles. The summed E-state index contributed by atoms with van der Waals surface area (Å²) in [6.45, 7) is 4.50. The Hall–Kier alpha value is -1.42. The van der Waals surface area contributed by atoms with E-state index >= 15 is 0 Å². The molecule has 2 heterocycles. The largest absolute Gasteiger partial charge is 0.280 e. The summed E-state index contributed by atoms with van der Waals surface area (Å²) in [4.78, 5) is 2.53. The van der Waals surface area contributed by atoms with Crippen LogP contribution in [0.2, 0.25) is 0 Å². The molecule has 0 N–H and O–H groups in total. The average molecular weight is 244 g/mol. The zero-order chi connectivity index (χ0) is 12.4. The van der Waals surface area contributed by atoms with Crippen molar-refractivity contribution in [3.63, 3.8) is 0 Å². The normalized spacial score (nSPS) is 28.8. The van der Waals surface area contributed by atoms with Crippen LogP contribution in [0.3, 0.4) is 0 Å². The van der Waals surface area contributed by atoms with E-state index in [2.05, 4.69) is 51.4 Å². The minimum absolute atomic E-state index is 0.253. The number of rotatable bonds is 2. The monoisotopic (exact) mass is 244 g/mol. The Balaban J connectivity index is 1.82. The van der Waals surface area contributed by atoms with Gasteiger partial charge in [0.25, 0.3) is 0 Å². The van der Waals surface area contributed by atoms with Gasteiger partial charge in [-0.3, -0.25) is 4.90 Å². The highest BCUT2D eigenvalue weighted by Gasteiger charge is 2.35. The van der Waals surface area contributed by atoms with Crippen LogP contribution in [0.4, 0.5) is 5.69 Å². The zero-order valence-electron chi connectivity index (χ0n) is 10.9. The molecule has 0 saturated carbocycles. The molecular formula is C14H20N4. The molecule has 0 aromatic heterocycles. The predicted octanol–water partition coefficient (Wildman–Crippen LogP) is 3.07. The van der Waals surface area contributed by atoms with E-state index in [1.165, 1.54) is 32.4 Å². The number of para-hydroxylation sites is 1. The minimum Gasteiger partial charge on any atom is -0.280 e. The van der Waals surface area contributed by atoms with Gasteiger partial charge in [-0.15, -0.1) is 0 Å². The summed E-state index contributed by atoms with van der Waals surface area (Å²) < 4.78 is 0. The van der Waals surface area contributed by atoms with Crippen LogP contribution >= 0.6 is 0 Å². The summed E-state index contributed by atoms with van der Waals surface area (Å²) in [7, 11) is 0. The van der Waals surface area contributed by atoms with Crippen molar-refractivity contribution in [3.05, 3.63) is 30.3 Å². The average Bonchev–Trinajstić information content (AvgIpc) is 2.83. The van der Waals surface area contributed by atoms with Crippen molar-refractivity contribution < 1.29 is 0 Å². The number of benzene rings is 1. The van der Waals surface area contributed by atoms with Gasteiger partial charge in [0.05, 0.1) is 5.69 Å². The Kier molecular flexibility index (Phi) is 3.28. The first-order chi connectivity index (χ1) is 8.86. The summed E-state index contributed by atoms with van der Waals surface area (Å²) in [5.74, 6) is 0. The third-order valence-electron chi connectivity index (χ3n) is 3.80. The van der Waals surface area contributed by atoms with E-state index in [1.807, 2.05) is 6.07 Å².